The Kier molecular flexibility index (Phi) is 1.23. The van der Waals surface area contributed by atoms with Crippen LogP contribution in [0.15, 0.2) is 24.3 Å². The Morgan fingerprint density at radius 2 is 2.18 bits per heavy atom. The molecule has 1 spiro atoms. The number of amides is 1. The molecule has 0 bridgehead atoms. The highest BCUT2D eigenvalue weighted by molar-refractivity contribution is 5.99. The molecule has 0 radical (unpaired) electrons. The monoisotopic (exact) mass is 227 g/mol. The van der Waals surface area contributed by atoms with Crippen molar-refractivity contribution in [2.75, 3.05) is 11.5 Å². The van der Waals surface area contributed by atoms with Crippen molar-refractivity contribution in [2.24, 2.45) is 5.92 Å². The SMILES string of the molecule is O=C1CC[C@@H]2[C@H]3[C@H](c4ccccc4N13)[C@@]21CO1. The van der Waals surface area contributed by atoms with Gasteiger partial charge in [0.25, 0.3) is 0 Å². The molecule has 1 amide bonds. The van der Waals surface area contributed by atoms with Crippen LogP contribution in [0.4, 0.5) is 5.69 Å². The third-order valence-corrected chi connectivity index (χ3v) is 5.15. The van der Waals surface area contributed by atoms with E-state index in [9.17, 15) is 4.79 Å². The topological polar surface area (TPSA) is 32.8 Å². The lowest BCUT2D eigenvalue weighted by atomic mass is 9.57. The summed E-state index contributed by atoms with van der Waals surface area (Å²) in [6.07, 6.45) is 1.71. The fourth-order valence-electron chi connectivity index (χ4n) is 4.42. The summed E-state index contributed by atoms with van der Waals surface area (Å²) in [5.41, 5.74) is 2.59. The Morgan fingerprint density at radius 3 is 3.00 bits per heavy atom. The van der Waals surface area contributed by atoms with Gasteiger partial charge in [-0.05, 0) is 18.1 Å². The predicted molar refractivity (Wildman–Crippen MR) is 61.9 cm³/mol. The number of carbonyl (C=O) groups excluding carboxylic acids is 1. The number of anilines is 1. The molecule has 1 saturated carbocycles. The van der Waals surface area contributed by atoms with Crippen LogP contribution in [-0.4, -0.2) is 24.2 Å². The van der Waals surface area contributed by atoms with E-state index in [-0.39, 0.29) is 5.60 Å². The predicted octanol–water partition coefficient (Wildman–Crippen LogP) is 1.68. The number of benzene rings is 1. The molecule has 0 aromatic heterocycles. The second-order valence-corrected chi connectivity index (χ2v) is 5.68. The third-order valence-electron chi connectivity index (χ3n) is 5.15. The number of para-hydroxylation sites is 1. The van der Waals surface area contributed by atoms with Crippen LogP contribution >= 0.6 is 0 Å². The fraction of sp³-hybridized carbons (Fsp3) is 0.500. The van der Waals surface area contributed by atoms with Crippen molar-refractivity contribution in [3.63, 3.8) is 0 Å². The Hall–Kier alpha value is -1.35. The Labute approximate surface area is 99.4 Å². The minimum atomic E-state index is 0.107. The smallest absolute Gasteiger partial charge is 0.227 e. The molecule has 3 aliphatic heterocycles. The van der Waals surface area contributed by atoms with Gasteiger partial charge in [-0.25, -0.2) is 0 Å². The molecule has 0 unspecified atom stereocenters. The van der Waals surface area contributed by atoms with Gasteiger partial charge < -0.3 is 9.64 Å². The molecule has 1 aliphatic carbocycles. The molecular weight excluding hydrogens is 214 g/mol. The summed E-state index contributed by atoms with van der Waals surface area (Å²) < 4.78 is 5.79. The van der Waals surface area contributed by atoms with Crippen molar-refractivity contribution < 1.29 is 9.53 Å². The van der Waals surface area contributed by atoms with E-state index >= 15 is 0 Å². The van der Waals surface area contributed by atoms with Crippen molar-refractivity contribution >= 4 is 11.6 Å². The van der Waals surface area contributed by atoms with Gasteiger partial charge in [-0.1, -0.05) is 18.2 Å². The van der Waals surface area contributed by atoms with E-state index in [4.69, 9.17) is 4.74 Å². The molecule has 1 aromatic rings. The average molecular weight is 227 g/mol. The van der Waals surface area contributed by atoms with Crippen molar-refractivity contribution in [1.82, 2.24) is 0 Å². The first-order chi connectivity index (χ1) is 8.33. The maximum atomic E-state index is 12.1. The molecule has 86 valence electrons. The molecule has 2 saturated heterocycles. The van der Waals surface area contributed by atoms with E-state index in [1.165, 1.54) is 5.56 Å². The van der Waals surface area contributed by atoms with Gasteiger partial charge >= 0.3 is 0 Å². The van der Waals surface area contributed by atoms with Crippen molar-refractivity contribution in [3.8, 4) is 0 Å². The van der Waals surface area contributed by atoms with Gasteiger partial charge in [-0.15, -0.1) is 0 Å². The lowest BCUT2D eigenvalue weighted by molar-refractivity contribution is -0.124. The summed E-state index contributed by atoms with van der Waals surface area (Å²) in [6, 6.07) is 8.76. The average Bonchev–Trinajstić information content (AvgIpc) is 3.08. The van der Waals surface area contributed by atoms with Gasteiger partial charge in [-0.2, -0.15) is 0 Å². The number of rotatable bonds is 0. The molecule has 0 N–H and O–H groups in total. The van der Waals surface area contributed by atoms with Crippen LogP contribution in [0.1, 0.15) is 24.3 Å². The first-order valence-electron chi connectivity index (χ1n) is 6.38. The Bertz CT molecular complexity index is 549. The summed E-state index contributed by atoms with van der Waals surface area (Å²) in [7, 11) is 0. The summed E-state index contributed by atoms with van der Waals surface area (Å²) in [6.45, 7) is 0.898. The van der Waals surface area contributed by atoms with Crippen molar-refractivity contribution in [3.05, 3.63) is 29.8 Å². The lowest BCUT2D eigenvalue weighted by Gasteiger charge is -2.52. The number of epoxide rings is 1. The number of piperidine rings is 1. The van der Waals surface area contributed by atoms with E-state index in [0.29, 0.717) is 30.2 Å². The maximum absolute atomic E-state index is 12.1. The van der Waals surface area contributed by atoms with Gasteiger partial charge in [-0.3, -0.25) is 4.79 Å². The quantitative estimate of drug-likeness (QED) is 0.632. The number of ether oxygens (including phenoxy) is 1. The van der Waals surface area contributed by atoms with E-state index in [1.54, 1.807) is 0 Å². The lowest BCUT2D eigenvalue weighted by Crippen LogP contribution is -2.64. The molecule has 3 heterocycles. The highest BCUT2D eigenvalue weighted by Crippen LogP contribution is 2.69. The molecule has 3 nitrogen and oxygen atoms in total. The van der Waals surface area contributed by atoms with E-state index in [2.05, 4.69) is 23.1 Å². The fourth-order valence-corrected chi connectivity index (χ4v) is 4.42. The van der Waals surface area contributed by atoms with Gasteiger partial charge in [0, 0.05) is 23.9 Å². The van der Waals surface area contributed by atoms with E-state index in [0.717, 1.165) is 18.7 Å². The van der Waals surface area contributed by atoms with Crippen LogP contribution in [0.3, 0.4) is 0 Å². The first kappa shape index (κ1) is 8.70. The molecular formula is C14H13NO2. The molecule has 17 heavy (non-hydrogen) atoms. The van der Waals surface area contributed by atoms with Crippen LogP contribution in [0.25, 0.3) is 0 Å². The molecule has 4 aliphatic rings. The third kappa shape index (κ3) is 0.757. The second kappa shape index (κ2) is 2.41. The minimum Gasteiger partial charge on any atom is -0.368 e. The standard InChI is InChI=1S/C14H13NO2/c16-11-6-5-9-13-12(14(9)7-17-14)8-3-1-2-4-10(8)15(11)13/h1-4,9,12-13H,5-7H2/t9-,12+,13+,14-/m1/s1. The van der Waals surface area contributed by atoms with Crippen LogP contribution in [0, 0.1) is 5.92 Å². The van der Waals surface area contributed by atoms with E-state index < -0.39 is 0 Å². The maximum Gasteiger partial charge on any atom is 0.227 e. The molecule has 1 aromatic carbocycles. The number of nitrogens with zero attached hydrogens (tertiary/aromatic N) is 1. The van der Waals surface area contributed by atoms with Crippen LogP contribution in [0.2, 0.25) is 0 Å². The highest BCUT2D eigenvalue weighted by Gasteiger charge is 2.76. The van der Waals surface area contributed by atoms with Crippen LogP contribution in [0.5, 0.6) is 0 Å². The zero-order valence-corrected chi connectivity index (χ0v) is 9.43. The summed E-state index contributed by atoms with van der Waals surface area (Å²) in [4.78, 5) is 14.2. The summed E-state index contributed by atoms with van der Waals surface area (Å²) in [5.74, 6) is 1.34. The van der Waals surface area contributed by atoms with Crippen molar-refractivity contribution in [1.29, 1.82) is 0 Å². The zero-order chi connectivity index (χ0) is 11.2. The second-order valence-electron chi connectivity index (χ2n) is 5.68. The molecule has 3 heteroatoms. The highest BCUT2D eigenvalue weighted by atomic mass is 16.6. The number of hydrogen-bond donors (Lipinski definition) is 0. The Balaban J connectivity index is 1.76. The normalized spacial score (nSPS) is 44.4. The van der Waals surface area contributed by atoms with Gasteiger partial charge in [0.15, 0.2) is 0 Å². The number of fused-ring (bicyclic) bond motifs is 5. The van der Waals surface area contributed by atoms with Gasteiger partial charge in [0.2, 0.25) is 5.91 Å². The Morgan fingerprint density at radius 1 is 1.35 bits per heavy atom. The number of hydrogen-bond acceptors (Lipinski definition) is 2. The first-order valence-corrected chi connectivity index (χ1v) is 6.38. The van der Waals surface area contributed by atoms with Crippen LogP contribution in [-0.2, 0) is 9.53 Å². The van der Waals surface area contributed by atoms with Crippen LogP contribution < -0.4 is 4.90 Å². The van der Waals surface area contributed by atoms with E-state index in [1.807, 2.05) is 6.07 Å². The van der Waals surface area contributed by atoms with Gasteiger partial charge in [0.05, 0.1) is 12.6 Å². The summed E-state index contributed by atoms with van der Waals surface area (Å²) >= 11 is 0. The zero-order valence-electron chi connectivity index (χ0n) is 9.43. The van der Waals surface area contributed by atoms with Gasteiger partial charge in [0.1, 0.15) is 5.60 Å². The largest absolute Gasteiger partial charge is 0.368 e. The molecule has 3 fully saturated rings. The minimum absolute atomic E-state index is 0.107. The number of carbonyl (C=O) groups is 1. The molecule has 4 atom stereocenters. The molecule has 5 rings (SSSR count). The van der Waals surface area contributed by atoms with Crippen molar-refractivity contribution in [2.45, 2.75) is 30.4 Å². The summed E-state index contributed by atoms with van der Waals surface area (Å²) in [5, 5.41) is 0.